The number of piperidine rings is 1. The molecule has 0 saturated carbocycles. The molecule has 2 aliphatic rings. The standard InChI is InChI=1S/C20H25N5O3/c1-13-4-3-8-25(11-13)20-22-16-7-9-24(12-15(16)18(26)23-20)19(27)14-5-6-17(28-2)21-10-14/h5-6,10,13H,3-4,7-9,11-12H2,1-2H3,(H,22,23,26). The van der Waals surface area contributed by atoms with E-state index in [0.717, 1.165) is 25.2 Å². The second kappa shape index (κ2) is 7.61. The lowest BCUT2D eigenvalue weighted by Gasteiger charge is -2.33. The highest BCUT2D eigenvalue weighted by atomic mass is 16.5. The van der Waals surface area contributed by atoms with E-state index in [0.29, 0.717) is 41.8 Å². The van der Waals surface area contributed by atoms with Gasteiger partial charge in [-0.3, -0.25) is 14.6 Å². The molecule has 148 valence electrons. The van der Waals surface area contributed by atoms with Crippen LogP contribution in [-0.4, -0.2) is 52.5 Å². The highest BCUT2D eigenvalue weighted by molar-refractivity contribution is 5.94. The fourth-order valence-electron chi connectivity index (χ4n) is 3.93. The minimum atomic E-state index is -0.149. The summed E-state index contributed by atoms with van der Waals surface area (Å²) in [6.07, 6.45) is 4.40. The Bertz CT molecular complexity index is 924. The number of nitrogens with one attached hydrogen (secondary N) is 1. The number of pyridine rings is 1. The zero-order chi connectivity index (χ0) is 19.7. The molecule has 8 nitrogen and oxygen atoms in total. The number of fused-ring (bicyclic) bond motifs is 1. The van der Waals surface area contributed by atoms with E-state index in [1.165, 1.54) is 19.7 Å². The van der Waals surface area contributed by atoms with Crippen LogP contribution in [0.2, 0.25) is 0 Å². The van der Waals surface area contributed by atoms with Crippen LogP contribution in [0.15, 0.2) is 23.1 Å². The number of rotatable bonds is 3. The van der Waals surface area contributed by atoms with Crippen molar-refractivity contribution in [1.82, 2.24) is 19.9 Å². The maximum absolute atomic E-state index is 12.8. The third kappa shape index (κ3) is 3.58. The predicted octanol–water partition coefficient (Wildman–Crippen LogP) is 1.61. The number of ether oxygens (including phenoxy) is 1. The number of methoxy groups -OCH3 is 1. The Kier molecular flexibility index (Phi) is 5.02. The predicted molar refractivity (Wildman–Crippen MR) is 105 cm³/mol. The molecular formula is C20H25N5O3. The Morgan fingerprint density at radius 1 is 1.32 bits per heavy atom. The van der Waals surface area contributed by atoms with Crippen LogP contribution in [0.25, 0.3) is 0 Å². The van der Waals surface area contributed by atoms with Gasteiger partial charge in [0.05, 0.1) is 30.5 Å². The fraction of sp³-hybridized carbons (Fsp3) is 0.500. The first kappa shape index (κ1) is 18.5. The van der Waals surface area contributed by atoms with E-state index in [4.69, 9.17) is 9.72 Å². The van der Waals surface area contributed by atoms with Crippen molar-refractivity contribution in [3.63, 3.8) is 0 Å². The summed E-state index contributed by atoms with van der Waals surface area (Å²) in [4.78, 5) is 41.1. The normalized spacial score (nSPS) is 19.3. The molecule has 4 rings (SSSR count). The van der Waals surface area contributed by atoms with Crippen molar-refractivity contribution in [1.29, 1.82) is 0 Å². The second-order valence-corrected chi connectivity index (χ2v) is 7.57. The van der Waals surface area contributed by atoms with Gasteiger partial charge in [0.25, 0.3) is 11.5 Å². The number of carbonyl (C=O) groups is 1. The van der Waals surface area contributed by atoms with Gasteiger partial charge in [-0.1, -0.05) is 6.92 Å². The Balaban J connectivity index is 1.53. The van der Waals surface area contributed by atoms with E-state index in [1.54, 1.807) is 17.0 Å². The van der Waals surface area contributed by atoms with Crippen molar-refractivity contribution < 1.29 is 9.53 Å². The summed E-state index contributed by atoms with van der Waals surface area (Å²) in [6, 6.07) is 3.35. The number of hydrogen-bond donors (Lipinski definition) is 1. The van der Waals surface area contributed by atoms with Crippen molar-refractivity contribution in [2.75, 3.05) is 31.6 Å². The molecule has 8 heteroatoms. The van der Waals surface area contributed by atoms with Gasteiger partial charge < -0.3 is 14.5 Å². The lowest BCUT2D eigenvalue weighted by Crippen LogP contribution is -2.41. The first-order valence-corrected chi connectivity index (χ1v) is 9.71. The van der Waals surface area contributed by atoms with Gasteiger partial charge in [0, 0.05) is 38.3 Å². The van der Waals surface area contributed by atoms with Gasteiger partial charge in [-0.05, 0) is 24.8 Å². The quantitative estimate of drug-likeness (QED) is 0.866. The van der Waals surface area contributed by atoms with Crippen LogP contribution in [-0.2, 0) is 13.0 Å². The van der Waals surface area contributed by atoms with E-state index in [9.17, 15) is 9.59 Å². The molecule has 2 aromatic rings. The molecule has 0 aromatic carbocycles. The van der Waals surface area contributed by atoms with Gasteiger partial charge in [-0.2, -0.15) is 0 Å². The maximum Gasteiger partial charge on any atom is 0.257 e. The Labute approximate surface area is 163 Å². The molecule has 1 unspecified atom stereocenters. The van der Waals surface area contributed by atoms with Gasteiger partial charge in [0.15, 0.2) is 0 Å². The zero-order valence-corrected chi connectivity index (χ0v) is 16.3. The first-order valence-electron chi connectivity index (χ1n) is 9.71. The molecule has 1 fully saturated rings. The Hall–Kier alpha value is -2.90. The molecule has 0 spiro atoms. The van der Waals surface area contributed by atoms with Crippen LogP contribution in [0.4, 0.5) is 5.95 Å². The van der Waals surface area contributed by atoms with Crippen molar-refractivity contribution >= 4 is 11.9 Å². The van der Waals surface area contributed by atoms with Gasteiger partial charge in [-0.25, -0.2) is 9.97 Å². The summed E-state index contributed by atoms with van der Waals surface area (Å²) in [5.41, 5.74) is 1.71. The lowest BCUT2D eigenvalue weighted by atomic mass is 10.0. The molecule has 4 heterocycles. The summed E-state index contributed by atoms with van der Waals surface area (Å²) in [6.45, 7) is 4.85. The smallest absolute Gasteiger partial charge is 0.257 e. The SMILES string of the molecule is COc1ccc(C(=O)N2CCc3nc(N4CCCC(C)C4)[nH]c(=O)c3C2)cn1. The number of hydrogen-bond acceptors (Lipinski definition) is 6. The van der Waals surface area contributed by atoms with Crippen LogP contribution < -0.4 is 15.2 Å². The summed E-state index contributed by atoms with van der Waals surface area (Å²) in [5, 5.41) is 0. The van der Waals surface area contributed by atoms with Gasteiger partial charge >= 0.3 is 0 Å². The third-order valence-electron chi connectivity index (χ3n) is 5.49. The van der Waals surface area contributed by atoms with Crippen LogP contribution in [0, 0.1) is 5.92 Å². The minimum absolute atomic E-state index is 0.144. The van der Waals surface area contributed by atoms with Crippen molar-refractivity contribution in [2.24, 2.45) is 5.92 Å². The molecule has 2 aliphatic heterocycles. The molecule has 28 heavy (non-hydrogen) atoms. The topological polar surface area (TPSA) is 91.4 Å². The molecular weight excluding hydrogens is 358 g/mol. The van der Waals surface area contributed by atoms with Crippen LogP contribution >= 0.6 is 0 Å². The number of anilines is 1. The highest BCUT2D eigenvalue weighted by Crippen LogP contribution is 2.22. The largest absolute Gasteiger partial charge is 0.481 e. The van der Waals surface area contributed by atoms with Crippen molar-refractivity contribution in [3.8, 4) is 5.88 Å². The number of nitrogens with zero attached hydrogens (tertiary/aromatic N) is 4. The van der Waals surface area contributed by atoms with Gasteiger partial charge in [0.1, 0.15) is 0 Å². The minimum Gasteiger partial charge on any atom is -0.481 e. The number of aromatic nitrogens is 3. The van der Waals surface area contributed by atoms with Crippen molar-refractivity contribution in [2.45, 2.75) is 32.7 Å². The van der Waals surface area contributed by atoms with E-state index in [1.807, 2.05) is 0 Å². The van der Waals surface area contributed by atoms with E-state index >= 15 is 0 Å². The first-order chi connectivity index (χ1) is 13.5. The number of aromatic amines is 1. The number of carbonyl (C=O) groups excluding carboxylic acids is 1. The molecule has 1 N–H and O–H groups in total. The fourth-order valence-corrected chi connectivity index (χ4v) is 3.93. The summed E-state index contributed by atoms with van der Waals surface area (Å²) in [5.74, 6) is 1.57. The monoisotopic (exact) mass is 383 g/mol. The Morgan fingerprint density at radius 2 is 2.18 bits per heavy atom. The van der Waals surface area contributed by atoms with E-state index < -0.39 is 0 Å². The number of amides is 1. The number of H-pyrrole nitrogens is 1. The molecule has 1 saturated heterocycles. The molecule has 1 atom stereocenters. The molecule has 0 bridgehead atoms. The van der Waals surface area contributed by atoms with Crippen LogP contribution in [0.1, 0.15) is 41.4 Å². The van der Waals surface area contributed by atoms with Gasteiger partial charge in [-0.15, -0.1) is 0 Å². The average Bonchev–Trinajstić information content (AvgIpc) is 2.73. The van der Waals surface area contributed by atoms with Gasteiger partial charge in [0.2, 0.25) is 11.8 Å². The van der Waals surface area contributed by atoms with Crippen LogP contribution in [0.3, 0.4) is 0 Å². The molecule has 1 amide bonds. The second-order valence-electron chi connectivity index (χ2n) is 7.57. The zero-order valence-electron chi connectivity index (χ0n) is 16.3. The van der Waals surface area contributed by atoms with E-state index in [2.05, 4.69) is 21.8 Å². The summed E-state index contributed by atoms with van der Waals surface area (Å²) < 4.78 is 5.03. The lowest BCUT2D eigenvalue weighted by molar-refractivity contribution is 0.0732. The Morgan fingerprint density at radius 3 is 2.89 bits per heavy atom. The van der Waals surface area contributed by atoms with E-state index in [-0.39, 0.29) is 18.0 Å². The van der Waals surface area contributed by atoms with Crippen LogP contribution in [0.5, 0.6) is 5.88 Å². The summed E-state index contributed by atoms with van der Waals surface area (Å²) in [7, 11) is 1.53. The average molecular weight is 383 g/mol. The maximum atomic E-state index is 12.8. The molecule has 0 aliphatic carbocycles. The highest BCUT2D eigenvalue weighted by Gasteiger charge is 2.27. The molecule has 0 radical (unpaired) electrons. The molecule has 2 aromatic heterocycles. The summed E-state index contributed by atoms with van der Waals surface area (Å²) >= 11 is 0. The third-order valence-corrected chi connectivity index (χ3v) is 5.49. The van der Waals surface area contributed by atoms with Crippen molar-refractivity contribution in [3.05, 3.63) is 45.5 Å².